The molecular weight excluding hydrogens is 651 g/mol. The highest BCUT2D eigenvalue weighted by atomic mass is 32.1. The van der Waals surface area contributed by atoms with Crippen molar-refractivity contribution >= 4 is 82.0 Å². The van der Waals surface area contributed by atoms with Crippen molar-refractivity contribution in [3.05, 3.63) is 101 Å². The summed E-state index contributed by atoms with van der Waals surface area (Å²) in [7, 11) is 0. The molecular formula is C35H23N5O6S2. The number of anilines is 2. The molecule has 2 aliphatic carbocycles. The summed E-state index contributed by atoms with van der Waals surface area (Å²) < 4.78 is 26.1. The van der Waals surface area contributed by atoms with E-state index in [0.29, 0.717) is 56.7 Å². The van der Waals surface area contributed by atoms with E-state index in [-0.39, 0.29) is 36.9 Å². The topological polar surface area (TPSA) is 145 Å². The van der Waals surface area contributed by atoms with Crippen LogP contribution in [-0.2, 0) is 19.1 Å². The number of para-hydroxylation sites is 2. The molecule has 48 heavy (non-hydrogen) atoms. The highest BCUT2D eigenvalue weighted by Gasteiger charge is 2.47. The molecule has 2 N–H and O–H groups in total. The number of nitrogens with one attached hydrogen (secondary N) is 2. The third-order valence-corrected chi connectivity index (χ3v) is 10.2. The van der Waals surface area contributed by atoms with E-state index >= 15 is 0 Å². The van der Waals surface area contributed by atoms with Crippen LogP contribution in [0.1, 0.15) is 11.5 Å². The largest absolute Gasteiger partial charge is 0.486 e. The molecule has 0 saturated heterocycles. The Morgan fingerprint density at radius 2 is 1.46 bits per heavy atom. The lowest BCUT2D eigenvalue weighted by atomic mass is 9.91. The maximum absolute atomic E-state index is 13.7. The van der Waals surface area contributed by atoms with Gasteiger partial charge in [-0.1, -0.05) is 53.0 Å². The average molecular weight is 674 g/mol. The highest BCUT2D eigenvalue weighted by molar-refractivity contribution is 7.22. The summed E-state index contributed by atoms with van der Waals surface area (Å²) in [6, 6.07) is 19.1. The Balaban J connectivity index is 1.09. The van der Waals surface area contributed by atoms with Crippen molar-refractivity contribution in [1.29, 1.82) is 5.41 Å². The first-order valence-electron chi connectivity index (χ1n) is 15.1. The molecule has 0 radical (unpaired) electrons. The summed E-state index contributed by atoms with van der Waals surface area (Å²) in [5.41, 5.74) is 3.28. The normalized spacial score (nSPS) is 21.2. The SMILES string of the molecule is N=C1/C(=C2\C=CC(=Nc3nc4ccccc4s3)C3=C2OCCO3)C(=O)C(=O)C1c1ccc(Nc2nc3ccccc3s2)c2c1OCCO2. The fraction of sp³-hybridized carbons (Fsp3) is 0.143. The molecule has 4 heterocycles. The second-order valence-electron chi connectivity index (χ2n) is 11.1. The summed E-state index contributed by atoms with van der Waals surface area (Å²) in [6.07, 6.45) is 3.35. The number of ether oxygens (including phenoxy) is 4. The summed E-state index contributed by atoms with van der Waals surface area (Å²) >= 11 is 2.94. The number of Topliss-reactive ketones (excluding diaryl/α,β-unsaturated/α-hetero) is 2. The lowest BCUT2D eigenvalue weighted by molar-refractivity contribution is -0.133. The molecule has 1 atom stereocenters. The summed E-state index contributed by atoms with van der Waals surface area (Å²) in [6.45, 7) is 1.07. The summed E-state index contributed by atoms with van der Waals surface area (Å²) in [5.74, 6) is -1.38. The monoisotopic (exact) mass is 673 g/mol. The van der Waals surface area contributed by atoms with Crippen molar-refractivity contribution in [1.82, 2.24) is 9.97 Å². The Bertz CT molecular complexity index is 2300. The zero-order valence-corrected chi connectivity index (χ0v) is 26.6. The van der Waals surface area contributed by atoms with Crippen molar-refractivity contribution in [3.63, 3.8) is 0 Å². The van der Waals surface area contributed by atoms with Gasteiger partial charge in [0.1, 0.15) is 32.1 Å². The van der Waals surface area contributed by atoms with E-state index in [0.717, 1.165) is 20.4 Å². The number of benzene rings is 3. The first kappa shape index (κ1) is 28.6. The minimum absolute atomic E-state index is 0.0413. The van der Waals surface area contributed by atoms with Gasteiger partial charge in [0.2, 0.25) is 16.7 Å². The third-order valence-electron chi connectivity index (χ3n) is 8.27. The van der Waals surface area contributed by atoms with E-state index in [1.807, 2.05) is 48.5 Å². The van der Waals surface area contributed by atoms with Crippen LogP contribution in [-0.4, -0.2) is 59.4 Å². The number of nitrogens with zero attached hydrogens (tertiary/aromatic N) is 3. The molecule has 1 unspecified atom stereocenters. The minimum Gasteiger partial charge on any atom is -0.486 e. The Labute approximate surface area is 280 Å². The van der Waals surface area contributed by atoms with E-state index in [9.17, 15) is 15.0 Å². The minimum atomic E-state index is -1.19. The van der Waals surface area contributed by atoms with Crippen LogP contribution in [0.2, 0.25) is 0 Å². The van der Waals surface area contributed by atoms with Gasteiger partial charge in [0.05, 0.1) is 43.3 Å². The number of carbonyl (C=O) groups is 2. The Hall–Kier alpha value is -5.66. The number of carbonyl (C=O) groups excluding carboxylic acids is 2. The van der Waals surface area contributed by atoms with Gasteiger partial charge >= 0.3 is 0 Å². The van der Waals surface area contributed by atoms with Gasteiger partial charge in [-0.15, -0.1) is 0 Å². The second-order valence-corrected chi connectivity index (χ2v) is 13.2. The Kier molecular flexibility index (Phi) is 6.69. The summed E-state index contributed by atoms with van der Waals surface area (Å²) in [4.78, 5) is 41.3. The van der Waals surface area contributed by atoms with Gasteiger partial charge in [-0.05, 0) is 42.5 Å². The van der Waals surface area contributed by atoms with Gasteiger partial charge < -0.3 is 29.7 Å². The highest BCUT2D eigenvalue weighted by Crippen LogP contribution is 2.48. The quantitative estimate of drug-likeness (QED) is 0.160. The lowest BCUT2D eigenvalue weighted by Gasteiger charge is -2.26. The smallest absolute Gasteiger partial charge is 0.232 e. The number of ketones is 2. The van der Waals surface area contributed by atoms with Crippen LogP contribution >= 0.6 is 22.7 Å². The number of hydrogen-bond donors (Lipinski definition) is 2. The number of aromatic nitrogens is 2. The fourth-order valence-electron chi connectivity index (χ4n) is 6.16. The van der Waals surface area contributed by atoms with E-state index < -0.39 is 17.5 Å². The van der Waals surface area contributed by atoms with Gasteiger partial charge in [-0.25, -0.2) is 15.0 Å². The number of fused-ring (bicyclic) bond motifs is 3. The van der Waals surface area contributed by atoms with Crippen molar-refractivity contribution < 1.29 is 28.5 Å². The number of rotatable bonds is 4. The van der Waals surface area contributed by atoms with Gasteiger partial charge in [-0.3, -0.25) is 9.59 Å². The molecule has 9 rings (SSSR count). The van der Waals surface area contributed by atoms with Crippen molar-refractivity contribution in [2.24, 2.45) is 4.99 Å². The Morgan fingerprint density at radius 1 is 0.771 bits per heavy atom. The molecule has 1 fully saturated rings. The van der Waals surface area contributed by atoms with Crippen LogP contribution < -0.4 is 14.8 Å². The zero-order chi connectivity index (χ0) is 32.4. The zero-order valence-electron chi connectivity index (χ0n) is 24.9. The molecule has 3 aromatic carbocycles. The van der Waals surface area contributed by atoms with Crippen LogP contribution in [0.15, 0.2) is 100 Å². The van der Waals surface area contributed by atoms with E-state index in [1.165, 1.54) is 22.7 Å². The van der Waals surface area contributed by atoms with Crippen LogP contribution in [0, 0.1) is 5.41 Å². The number of hydrogen-bond acceptors (Lipinski definition) is 13. The summed E-state index contributed by atoms with van der Waals surface area (Å²) in [5, 5.41) is 13.7. The van der Waals surface area contributed by atoms with E-state index in [1.54, 1.807) is 24.3 Å². The second kappa shape index (κ2) is 11.2. The molecule has 0 amide bonds. The van der Waals surface area contributed by atoms with Gasteiger partial charge in [0.15, 0.2) is 28.1 Å². The average Bonchev–Trinajstić information content (AvgIpc) is 3.78. The molecule has 2 aliphatic heterocycles. The van der Waals surface area contributed by atoms with E-state index in [4.69, 9.17) is 23.9 Å². The predicted octanol–water partition coefficient (Wildman–Crippen LogP) is 6.57. The number of thiazole rings is 2. The molecule has 1 saturated carbocycles. The van der Waals surface area contributed by atoms with Crippen LogP contribution in [0.25, 0.3) is 20.4 Å². The maximum atomic E-state index is 13.7. The van der Waals surface area contributed by atoms with Crippen LogP contribution in [0.5, 0.6) is 11.5 Å². The predicted molar refractivity (Wildman–Crippen MR) is 183 cm³/mol. The molecule has 0 spiro atoms. The Morgan fingerprint density at radius 3 is 2.23 bits per heavy atom. The fourth-order valence-corrected chi connectivity index (χ4v) is 7.89. The first-order chi connectivity index (χ1) is 23.5. The molecule has 2 aromatic heterocycles. The lowest BCUT2D eigenvalue weighted by Crippen LogP contribution is -2.24. The van der Waals surface area contributed by atoms with E-state index in [2.05, 4.69) is 15.3 Å². The standard InChI is InChI=1S/C35H23N5O6S2/c36-27-25(17-9-11-21(32-30(17)43-13-15-45-32)39-34-37-19-5-1-3-7-23(19)47-34)28(41)29(42)26(27)18-10-12-22(33-31(18)44-14-16-46-33)40-35-38-20-6-2-4-8-24(20)48-35/h1-12,25,36H,13-16H2,(H,37,39)/b26-18-,36-27?,40-22?. The molecule has 236 valence electrons. The van der Waals surface area contributed by atoms with Crippen LogP contribution in [0.4, 0.5) is 16.0 Å². The van der Waals surface area contributed by atoms with Gasteiger partial charge in [0.25, 0.3) is 0 Å². The van der Waals surface area contributed by atoms with Crippen LogP contribution in [0.3, 0.4) is 0 Å². The van der Waals surface area contributed by atoms with Gasteiger partial charge in [0, 0.05) is 11.1 Å². The third kappa shape index (κ3) is 4.61. The maximum Gasteiger partial charge on any atom is 0.232 e. The van der Waals surface area contributed by atoms with Crippen molar-refractivity contribution in [2.75, 3.05) is 31.7 Å². The molecule has 13 heteroatoms. The molecule has 5 aromatic rings. The van der Waals surface area contributed by atoms with Crippen molar-refractivity contribution in [2.45, 2.75) is 5.92 Å². The first-order valence-corrected chi connectivity index (χ1v) is 16.8. The number of allylic oxidation sites excluding steroid dienone is 3. The number of aliphatic imine (C=N–C) groups is 1. The molecule has 0 bridgehead atoms. The van der Waals surface area contributed by atoms with Gasteiger partial charge in [-0.2, -0.15) is 0 Å². The van der Waals surface area contributed by atoms with Crippen molar-refractivity contribution in [3.8, 4) is 11.5 Å². The molecule has 4 aliphatic rings. The molecule has 11 nitrogen and oxygen atoms in total.